The van der Waals surface area contributed by atoms with Crippen molar-refractivity contribution in [3.8, 4) is 11.3 Å². The van der Waals surface area contributed by atoms with Crippen molar-refractivity contribution in [3.63, 3.8) is 0 Å². The van der Waals surface area contributed by atoms with Gasteiger partial charge in [0.15, 0.2) is 5.76 Å². The minimum absolute atomic E-state index is 0.122. The van der Waals surface area contributed by atoms with Crippen molar-refractivity contribution in [2.75, 3.05) is 26.4 Å². The normalized spacial score (nSPS) is 21.6. The number of carbonyl (C=O) groups is 1. The highest BCUT2D eigenvalue weighted by atomic mass is 16.5. The Bertz CT molecular complexity index is 859. The molecule has 0 radical (unpaired) electrons. The molecule has 1 aliphatic carbocycles. The maximum Gasteiger partial charge on any atom is 0.287 e. The largest absolute Gasteiger partial charge is 0.455 e. The molecule has 3 aliphatic rings. The van der Waals surface area contributed by atoms with Gasteiger partial charge in [-0.3, -0.25) is 9.48 Å². The van der Waals surface area contributed by atoms with Crippen LogP contribution in [0.25, 0.3) is 11.3 Å². The van der Waals surface area contributed by atoms with E-state index in [1.165, 1.54) is 5.56 Å². The first-order valence-electron chi connectivity index (χ1n) is 9.85. The van der Waals surface area contributed by atoms with E-state index in [2.05, 4.69) is 11.5 Å². The number of nitrogens with one attached hydrogen (secondary N) is 1. The standard InChI is InChI=1S/C20H25N3O4/c1-12-17-16(27-19(12)20(24)21-7-15-3-2-6-26-15)5-4-14-9-23(22-18(14)17)8-13-10-25-11-13/h9,13,15H,2-8,10-11H2,1H3,(H,21,24)/t15-/m0/s1. The van der Waals surface area contributed by atoms with Gasteiger partial charge < -0.3 is 19.2 Å². The Morgan fingerprint density at radius 2 is 2.26 bits per heavy atom. The molecule has 2 aromatic rings. The van der Waals surface area contributed by atoms with Crippen LogP contribution in [0, 0.1) is 12.8 Å². The summed E-state index contributed by atoms with van der Waals surface area (Å²) in [5.74, 6) is 1.67. The number of nitrogens with zero attached hydrogens (tertiary/aromatic N) is 2. The van der Waals surface area contributed by atoms with E-state index >= 15 is 0 Å². The number of furan rings is 1. The molecule has 0 saturated carbocycles. The van der Waals surface area contributed by atoms with Gasteiger partial charge in [-0.15, -0.1) is 0 Å². The fourth-order valence-corrected chi connectivity index (χ4v) is 4.22. The summed E-state index contributed by atoms with van der Waals surface area (Å²) in [7, 11) is 0. The lowest BCUT2D eigenvalue weighted by molar-refractivity contribution is -0.0408. The first kappa shape index (κ1) is 17.0. The number of amides is 1. The smallest absolute Gasteiger partial charge is 0.287 e. The molecule has 7 nitrogen and oxygen atoms in total. The van der Waals surface area contributed by atoms with Crippen molar-refractivity contribution >= 4 is 5.91 Å². The second-order valence-electron chi connectivity index (χ2n) is 7.83. The molecule has 1 amide bonds. The Labute approximate surface area is 158 Å². The van der Waals surface area contributed by atoms with Crippen molar-refractivity contribution in [1.29, 1.82) is 0 Å². The Kier molecular flexibility index (Phi) is 4.28. The lowest BCUT2D eigenvalue weighted by atomic mass is 9.93. The summed E-state index contributed by atoms with van der Waals surface area (Å²) >= 11 is 0. The molecule has 1 atom stereocenters. The average Bonchev–Trinajstić information content (AvgIpc) is 3.34. The first-order valence-corrected chi connectivity index (χ1v) is 9.85. The number of aryl methyl sites for hydroxylation is 2. The van der Waals surface area contributed by atoms with Crippen molar-refractivity contribution < 1.29 is 18.7 Å². The van der Waals surface area contributed by atoms with E-state index in [1.54, 1.807) is 0 Å². The number of aromatic nitrogens is 2. The van der Waals surface area contributed by atoms with Gasteiger partial charge in [0.05, 0.1) is 25.0 Å². The molecular formula is C20H25N3O4. The van der Waals surface area contributed by atoms with Crippen LogP contribution in [0.4, 0.5) is 0 Å². The SMILES string of the molecule is Cc1c(C(=O)NC[C@@H]2CCCO2)oc2c1-c1nn(CC3COC3)cc1CC2. The van der Waals surface area contributed by atoms with Crippen LogP contribution in [0.1, 0.15) is 40.3 Å². The summed E-state index contributed by atoms with van der Waals surface area (Å²) in [5, 5.41) is 7.77. The molecule has 0 spiro atoms. The van der Waals surface area contributed by atoms with Crippen LogP contribution in [-0.2, 0) is 28.9 Å². The summed E-state index contributed by atoms with van der Waals surface area (Å²) in [6.07, 6.45) is 6.03. The second kappa shape index (κ2) is 6.80. The van der Waals surface area contributed by atoms with Gasteiger partial charge in [0.25, 0.3) is 5.91 Å². The zero-order chi connectivity index (χ0) is 18.4. The molecule has 4 heterocycles. The fraction of sp³-hybridized carbons (Fsp3) is 0.600. The molecule has 144 valence electrons. The second-order valence-corrected chi connectivity index (χ2v) is 7.83. The molecule has 1 N–H and O–H groups in total. The van der Waals surface area contributed by atoms with E-state index in [-0.39, 0.29) is 12.0 Å². The van der Waals surface area contributed by atoms with E-state index in [0.717, 1.165) is 74.6 Å². The molecule has 0 unspecified atom stereocenters. The minimum Gasteiger partial charge on any atom is -0.455 e. The van der Waals surface area contributed by atoms with Gasteiger partial charge in [-0.1, -0.05) is 0 Å². The Morgan fingerprint density at radius 1 is 1.37 bits per heavy atom. The summed E-state index contributed by atoms with van der Waals surface area (Å²) in [5.41, 5.74) is 4.09. The third-order valence-corrected chi connectivity index (χ3v) is 5.79. The molecule has 7 heteroatoms. The van der Waals surface area contributed by atoms with E-state index in [4.69, 9.17) is 19.0 Å². The summed E-state index contributed by atoms with van der Waals surface area (Å²) in [6, 6.07) is 0. The number of hydrogen-bond acceptors (Lipinski definition) is 5. The van der Waals surface area contributed by atoms with Gasteiger partial charge in [0, 0.05) is 49.4 Å². The zero-order valence-electron chi connectivity index (χ0n) is 15.6. The Morgan fingerprint density at radius 3 is 3.00 bits per heavy atom. The average molecular weight is 371 g/mol. The minimum atomic E-state index is -0.162. The van der Waals surface area contributed by atoms with Crippen LogP contribution in [0.3, 0.4) is 0 Å². The van der Waals surface area contributed by atoms with E-state index in [1.807, 2.05) is 11.6 Å². The van der Waals surface area contributed by atoms with Crippen LogP contribution in [0.2, 0.25) is 0 Å². The highest BCUT2D eigenvalue weighted by Crippen LogP contribution is 2.38. The molecule has 0 aromatic carbocycles. The van der Waals surface area contributed by atoms with Crippen LogP contribution >= 0.6 is 0 Å². The van der Waals surface area contributed by atoms with E-state index < -0.39 is 0 Å². The van der Waals surface area contributed by atoms with Gasteiger partial charge in [0.2, 0.25) is 0 Å². The van der Waals surface area contributed by atoms with Crippen molar-refractivity contribution in [2.45, 2.75) is 45.3 Å². The zero-order valence-corrected chi connectivity index (χ0v) is 15.6. The number of hydrogen-bond donors (Lipinski definition) is 1. The van der Waals surface area contributed by atoms with Crippen molar-refractivity contribution in [1.82, 2.24) is 15.1 Å². The van der Waals surface area contributed by atoms with Crippen molar-refractivity contribution in [3.05, 3.63) is 28.8 Å². The predicted octanol–water partition coefficient (Wildman–Crippen LogP) is 2.11. The summed E-state index contributed by atoms with van der Waals surface area (Å²) < 4.78 is 18.8. The Balaban J connectivity index is 1.37. The maximum absolute atomic E-state index is 12.6. The Hall–Kier alpha value is -2.12. The molecule has 2 saturated heterocycles. The van der Waals surface area contributed by atoms with Crippen LogP contribution in [0.15, 0.2) is 10.6 Å². The van der Waals surface area contributed by atoms with Gasteiger partial charge >= 0.3 is 0 Å². The molecule has 2 fully saturated rings. The highest BCUT2D eigenvalue weighted by molar-refractivity contribution is 5.95. The molecule has 5 rings (SSSR count). The highest BCUT2D eigenvalue weighted by Gasteiger charge is 2.30. The monoisotopic (exact) mass is 371 g/mol. The van der Waals surface area contributed by atoms with Gasteiger partial charge in [-0.25, -0.2) is 0 Å². The molecule has 27 heavy (non-hydrogen) atoms. The number of rotatable bonds is 5. The lowest BCUT2D eigenvalue weighted by Gasteiger charge is -2.25. The number of fused-ring (bicyclic) bond motifs is 3. The number of carbonyl (C=O) groups excluding carboxylic acids is 1. The molecular weight excluding hydrogens is 346 g/mol. The molecule has 2 aliphatic heterocycles. The number of ether oxygens (including phenoxy) is 2. The summed E-state index contributed by atoms with van der Waals surface area (Å²) in [4.78, 5) is 12.6. The van der Waals surface area contributed by atoms with Crippen LogP contribution < -0.4 is 5.32 Å². The van der Waals surface area contributed by atoms with Gasteiger partial charge in [-0.05, 0) is 31.7 Å². The predicted molar refractivity (Wildman–Crippen MR) is 97.7 cm³/mol. The first-order chi connectivity index (χ1) is 13.2. The molecule has 0 bridgehead atoms. The third-order valence-electron chi connectivity index (χ3n) is 5.79. The fourth-order valence-electron chi connectivity index (χ4n) is 4.22. The third kappa shape index (κ3) is 3.08. The molecule has 2 aromatic heterocycles. The van der Waals surface area contributed by atoms with E-state index in [9.17, 15) is 4.79 Å². The van der Waals surface area contributed by atoms with E-state index in [0.29, 0.717) is 18.2 Å². The van der Waals surface area contributed by atoms with Crippen molar-refractivity contribution in [2.24, 2.45) is 5.92 Å². The van der Waals surface area contributed by atoms with Crippen LogP contribution in [0.5, 0.6) is 0 Å². The quantitative estimate of drug-likeness (QED) is 0.871. The van der Waals surface area contributed by atoms with Gasteiger partial charge in [-0.2, -0.15) is 5.10 Å². The van der Waals surface area contributed by atoms with Crippen LogP contribution in [-0.4, -0.2) is 48.2 Å². The topological polar surface area (TPSA) is 78.5 Å². The summed E-state index contributed by atoms with van der Waals surface area (Å²) in [6.45, 7) is 5.79. The van der Waals surface area contributed by atoms with Gasteiger partial charge in [0.1, 0.15) is 5.76 Å². The maximum atomic E-state index is 12.6. The lowest BCUT2D eigenvalue weighted by Crippen LogP contribution is -2.31.